The van der Waals surface area contributed by atoms with Gasteiger partial charge in [-0.15, -0.1) is 0 Å². The lowest BCUT2D eigenvalue weighted by Gasteiger charge is -2.36. The van der Waals surface area contributed by atoms with Crippen LogP contribution in [0, 0.1) is 6.92 Å². The van der Waals surface area contributed by atoms with Crippen molar-refractivity contribution in [2.75, 3.05) is 19.8 Å². The van der Waals surface area contributed by atoms with Crippen LogP contribution in [0.3, 0.4) is 0 Å². The highest BCUT2D eigenvalue weighted by molar-refractivity contribution is 5.91. The van der Waals surface area contributed by atoms with Gasteiger partial charge in [0.15, 0.2) is 11.6 Å². The second kappa shape index (κ2) is 9.09. The SMILES string of the molecule is Cc1ccc(C(OC(=O)C(F)(F)F)(C(=O)N(C)C)C(F)(F)F)cc1-c1cnc(N)c(-n2cncn2)n1. The Hall–Kier alpha value is -4.24. The molecule has 3 rings (SSSR count). The van der Waals surface area contributed by atoms with Crippen molar-refractivity contribution < 1.29 is 40.7 Å². The van der Waals surface area contributed by atoms with E-state index in [1.807, 2.05) is 0 Å². The first kappa shape index (κ1) is 26.4. The molecule has 0 fully saturated rings. The van der Waals surface area contributed by atoms with Crippen LogP contribution in [0.15, 0.2) is 37.1 Å². The first-order valence-electron chi connectivity index (χ1n) is 9.77. The Kier molecular flexibility index (Phi) is 6.65. The van der Waals surface area contributed by atoms with Gasteiger partial charge >= 0.3 is 23.9 Å². The number of nitrogens with zero attached hydrogens (tertiary/aromatic N) is 6. The third-order valence-electron chi connectivity index (χ3n) is 4.92. The molecule has 0 saturated heterocycles. The largest absolute Gasteiger partial charge is 0.490 e. The molecule has 1 aromatic carbocycles. The van der Waals surface area contributed by atoms with Crippen molar-refractivity contribution in [2.45, 2.75) is 24.9 Å². The van der Waals surface area contributed by atoms with Crippen LogP contribution in [-0.4, -0.2) is 68.0 Å². The Morgan fingerprint density at radius 2 is 1.78 bits per heavy atom. The van der Waals surface area contributed by atoms with Crippen molar-refractivity contribution in [3.63, 3.8) is 0 Å². The van der Waals surface area contributed by atoms with Gasteiger partial charge in [0, 0.05) is 25.2 Å². The lowest BCUT2D eigenvalue weighted by Crippen LogP contribution is -2.57. The minimum atomic E-state index is -5.81. The van der Waals surface area contributed by atoms with Crippen LogP contribution in [0.5, 0.6) is 0 Å². The number of halogens is 6. The third-order valence-corrected chi connectivity index (χ3v) is 4.92. The van der Waals surface area contributed by atoms with E-state index >= 15 is 0 Å². The number of carbonyl (C=O) groups excluding carboxylic acids is 2. The number of nitrogen functional groups attached to an aromatic ring is 1. The molecule has 2 aromatic heterocycles. The summed E-state index contributed by atoms with van der Waals surface area (Å²) in [6.07, 6.45) is -8.10. The summed E-state index contributed by atoms with van der Waals surface area (Å²) in [5.74, 6) is -5.30. The molecular formula is C20H17F6N7O3. The van der Waals surface area contributed by atoms with Crippen LogP contribution in [0.1, 0.15) is 11.1 Å². The molecule has 36 heavy (non-hydrogen) atoms. The number of rotatable bonds is 5. The number of ether oxygens (including phenoxy) is 1. The summed E-state index contributed by atoms with van der Waals surface area (Å²) in [5.41, 5.74) is 0.562. The van der Waals surface area contributed by atoms with Gasteiger partial charge in [-0.05, 0) is 18.6 Å². The van der Waals surface area contributed by atoms with Crippen molar-refractivity contribution in [1.29, 1.82) is 0 Å². The van der Waals surface area contributed by atoms with E-state index in [0.717, 1.165) is 43.2 Å². The Morgan fingerprint density at radius 3 is 2.31 bits per heavy atom. The Balaban J connectivity index is 2.29. The molecule has 1 amide bonds. The molecule has 0 aliphatic rings. The Morgan fingerprint density at radius 1 is 1.11 bits per heavy atom. The normalized spacial score (nSPS) is 13.7. The van der Waals surface area contributed by atoms with Gasteiger partial charge in [-0.3, -0.25) is 4.79 Å². The van der Waals surface area contributed by atoms with E-state index in [-0.39, 0.29) is 22.9 Å². The predicted octanol–water partition coefficient (Wildman–Crippen LogP) is 2.57. The van der Waals surface area contributed by atoms with E-state index in [1.165, 1.54) is 19.6 Å². The Bertz CT molecular complexity index is 1290. The molecule has 0 saturated carbocycles. The summed E-state index contributed by atoms with van der Waals surface area (Å²) in [6, 6.07) is 2.59. The second-order valence-corrected chi connectivity index (χ2v) is 7.60. The van der Waals surface area contributed by atoms with Gasteiger partial charge in [-0.1, -0.05) is 12.1 Å². The molecule has 0 aliphatic heterocycles. The second-order valence-electron chi connectivity index (χ2n) is 7.60. The number of carbonyl (C=O) groups is 2. The van der Waals surface area contributed by atoms with Crippen LogP contribution < -0.4 is 5.73 Å². The molecule has 1 atom stereocenters. The number of hydrogen-bond donors (Lipinski definition) is 1. The van der Waals surface area contributed by atoms with Gasteiger partial charge in [0.1, 0.15) is 12.7 Å². The fraction of sp³-hybridized carbons (Fsp3) is 0.300. The highest BCUT2D eigenvalue weighted by Gasteiger charge is 2.67. The highest BCUT2D eigenvalue weighted by atomic mass is 19.4. The number of likely N-dealkylation sites (N-methyl/N-ethyl adjacent to an activating group) is 1. The molecule has 3 aromatic rings. The van der Waals surface area contributed by atoms with Gasteiger partial charge in [0.2, 0.25) is 0 Å². The minimum Gasteiger partial charge on any atom is -0.427 e. The number of aryl methyl sites for hydroxylation is 1. The maximum absolute atomic E-state index is 14.4. The summed E-state index contributed by atoms with van der Waals surface area (Å²) >= 11 is 0. The predicted molar refractivity (Wildman–Crippen MR) is 110 cm³/mol. The molecule has 0 radical (unpaired) electrons. The summed E-state index contributed by atoms with van der Waals surface area (Å²) in [4.78, 5) is 36.6. The third kappa shape index (κ3) is 4.65. The number of benzene rings is 1. The van der Waals surface area contributed by atoms with E-state index in [0.29, 0.717) is 10.5 Å². The van der Waals surface area contributed by atoms with Crippen molar-refractivity contribution in [3.05, 3.63) is 48.2 Å². The number of hydrogen-bond acceptors (Lipinski definition) is 8. The average Bonchev–Trinajstić information content (AvgIpc) is 3.31. The van der Waals surface area contributed by atoms with Gasteiger partial charge in [-0.25, -0.2) is 19.7 Å². The molecule has 16 heteroatoms. The number of nitrogens with two attached hydrogens (primary N) is 1. The number of esters is 1. The molecule has 0 spiro atoms. The van der Waals surface area contributed by atoms with Crippen LogP contribution in [-0.2, 0) is 19.9 Å². The van der Waals surface area contributed by atoms with E-state index in [1.54, 1.807) is 0 Å². The van der Waals surface area contributed by atoms with E-state index in [9.17, 15) is 35.9 Å². The van der Waals surface area contributed by atoms with Crippen molar-refractivity contribution in [1.82, 2.24) is 29.6 Å². The van der Waals surface area contributed by atoms with Crippen molar-refractivity contribution in [3.8, 4) is 17.1 Å². The maximum atomic E-state index is 14.4. The molecule has 192 valence electrons. The van der Waals surface area contributed by atoms with Crippen LogP contribution in [0.25, 0.3) is 17.1 Å². The monoisotopic (exact) mass is 517 g/mol. The van der Waals surface area contributed by atoms with Gasteiger partial charge in [0.05, 0.1) is 11.9 Å². The molecule has 0 bridgehead atoms. The van der Waals surface area contributed by atoms with Crippen LogP contribution in [0.4, 0.5) is 32.2 Å². The first-order chi connectivity index (χ1) is 16.6. The zero-order valence-electron chi connectivity index (χ0n) is 18.7. The lowest BCUT2D eigenvalue weighted by molar-refractivity contribution is -0.283. The van der Waals surface area contributed by atoms with E-state index in [4.69, 9.17) is 5.73 Å². The summed E-state index contributed by atoms with van der Waals surface area (Å²) in [6.45, 7) is 1.47. The molecule has 2 N–H and O–H groups in total. The van der Waals surface area contributed by atoms with Crippen molar-refractivity contribution in [2.24, 2.45) is 0 Å². The summed E-state index contributed by atoms with van der Waals surface area (Å²) in [5, 5.41) is 3.85. The zero-order valence-corrected chi connectivity index (χ0v) is 18.7. The lowest BCUT2D eigenvalue weighted by atomic mass is 9.88. The van der Waals surface area contributed by atoms with Crippen LogP contribution in [0.2, 0.25) is 0 Å². The number of anilines is 1. The quantitative estimate of drug-likeness (QED) is 0.404. The Labute approximate surface area is 198 Å². The van der Waals surface area contributed by atoms with E-state index in [2.05, 4.69) is 24.8 Å². The van der Waals surface area contributed by atoms with Gasteiger partial charge in [-0.2, -0.15) is 36.1 Å². The van der Waals surface area contributed by atoms with Crippen LogP contribution >= 0.6 is 0 Å². The topological polar surface area (TPSA) is 129 Å². The summed E-state index contributed by atoms with van der Waals surface area (Å²) < 4.78 is 87.2. The molecular weight excluding hydrogens is 500 g/mol. The molecule has 2 heterocycles. The van der Waals surface area contributed by atoms with Gasteiger partial charge in [0.25, 0.3) is 5.91 Å². The van der Waals surface area contributed by atoms with Gasteiger partial charge < -0.3 is 15.4 Å². The highest BCUT2D eigenvalue weighted by Crippen LogP contribution is 2.46. The van der Waals surface area contributed by atoms with E-state index < -0.39 is 35.4 Å². The number of amides is 1. The molecule has 1 unspecified atom stereocenters. The minimum absolute atomic E-state index is 0.0373. The molecule has 10 nitrogen and oxygen atoms in total. The average molecular weight is 517 g/mol. The number of alkyl halides is 6. The standard InChI is InChI=1S/C20H17F6N7O3/c1-10-4-5-11(6-12(10)13-7-29-14(27)15(31-13)33-9-28-8-30-33)18(20(24,25)26,16(34)32(2)3)36-17(35)19(21,22)23/h4-9H,1-3H3,(H2,27,29). The maximum Gasteiger partial charge on any atom is 0.490 e. The zero-order chi connectivity index (χ0) is 27.1. The first-order valence-corrected chi connectivity index (χ1v) is 9.77. The smallest absolute Gasteiger partial charge is 0.427 e. The number of aromatic nitrogens is 5. The fourth-order valence-corrected chi connectivity index (χ4v) is 3.20. The molecule has 0 aliphatic carbocycles. The fourth-order valence-electron chi connectivity index (χ4n) is 3.20. The summed E-state index contributed by atoms with van der Waals surface area (Å²) in [7, 11) is 1.74. The van der Waals surface area contributed by atoms with Crippen molar-refractivity contribution >= 4 is 17.7 Å².